The van der Waals surface area contributed by atoms with Crippen LogP contribution in [0.2, 0.25) is 0 Å². The van der Waals surface area contributed by atoms with Crippen molar-refractivity contribution in [2.24, 2.45) is 5.41 Å². The monoisotopic (exact) mass is 222 g/mol. The van der Waals surface area contributed by atoms with E-state index in [4.69, 9.17) is 0 Å². The Kier molecular flexibility index (Phi) is 3.15. The Balaban J connectivity index is 2.03. The maximum Gasteiger partial charge on any atom is 0.146 e. The van der Waals surface area contributed by atoms with Gasteiger partial charge in [0.05, 0.1) is 5.69 Å². The van der Waals surface area contributed by atoms with Crippen molar-refractivity contribution in [3.8, 4) is 0 Å². The zero-order valence-electron chi connectivity index (χ0n) is 9.96. The van der Waals surface area contributed by atoms with E-state index in [0.717, 1.165) is 13.1 Å². The van der Waals surface area contributed by atoms with Gasteiger partial charge in [-0.3, -0.25) is 0 Å². The fraction of sp³-hybridized carbons (Fsp3) is 0.538. The second-order valence-electron chi connectivity index (χ2n) is 4.84. The summed E-state index contributed by atoms with van der Waals surface area (Å²) in [6.07, 6.45) is 2.49. The average Bonchev–Trinajstić information content (AvgIpc) is 2.99. The van der Waals surface area contributed by atoms with Gasteiger partial charge in [-0.15, -0.1) is 0 Å². The van der Waals surface area contributed by atoms with Gasteiger partial charge in [-0.05, 0) is 32.0 Å². The Labute approximate surface area is 96.5 Å². The van der Waals surface area contributed by atoms with Gasteiger partial charge in [-0.2, -0.15) is 0 Å². The maximum atomic E-state index is 13.6. The number of halogens is 1. The second-order valence-corrected chi connectivity index (χ2v) is 4.84. The van der Waals surface area contributed by atoms with E-state index < -0.39 is 0 Å². The number of para-hydroxylation sites is 1. The zero-order chi connectivity index (χ0) is 11.6. The number of hydrogen-bond acceptors (Lipinski definition) is 2. The summed E-state index contributed by atoms with van der Waals surface area (Å²) < 4.78 is 13.6. The molecular formula is C13H19FN2. The van der Waals surface area contributed by atoms with E-state index in [0.29, 0.717) is 11.1 Å². The first kappa shape index (κ1) is 11.4. The van der Waals surface area contributed by atoms with Crippen molar-refractivity contribution in [3.05, 3.63) is 30.1 Å². The summed E-state index contributed by atoms with van der Waals surface area (Å²) >= 11 is 0. The summed E-state index contributed by atoms with van der Waals surface area (Å²) in [6.45, 7) is 1.95. The van der Waals surface area contributed by atoms with Gasteiger partial charge in [0, 0.05) is 25.6 Å². The first-order chi connectivity index (χ1) is 7.67. The topological polar surface area (TPSA) is 15.3 Å². The SMILES string of the molecule is CNCC1(CN(C)c2ccccc2F)CC1. The molecule has 2 rings (SSSR count). The highest BCUT2D eigenvalue weighted by atomic mass is 19.1. The van der Waals surface area contributed by atoms with Crippen molar-refractivity contribution >= 4 is 5.69 Å². The highest BCUT2D eigenvalue weighted by molar-refractivity contribution is 5.47. The molecule has 1 aliphatic rings. The van der Waals surface area contributed by atoms with Crippen LogP contribution < -0.4 is 10.2 Å². The van der Waals surface area contributed by atoms with Gasteiger partial charge in [-0.25, -0.2) is 4.39 Å². The molecule has 1 N–H and O–H groups in total. The molecule has 0 saturated heterocycles. The van der Waals surface area contributed by atoms with Gasteiger partial charge in [-0.1, -0.05) is 12.1 Å². The van der Waals surface area contributed by atoms with Gasteiger partial charge in [0.2, 0.25) is 0 Å². The Morgan fingerprint density at radius 2 is 2.06 bits per heavy atom. The lowest BCUT2D eigenvalue weighted by molar-refractivity contribution is 0.479. The minimum absolute atomic E-state index is 0.134. The van der Waals surface area contributed by atoms with E-state index in [-0.39, 0.29) is 5.82 Å². The smallest absolute Gasteiger partial charge is 0.146 e. The fourth-order valence-corrected chi connectivity index (χ4v) is 2.29. The van der Waals surface area contributed by atoms with E-state index in [1.54, 1.807) is 6.07 Å². The van der Waals surface area contributed by atoms with Crippen LogP contribution in [-0.2, 0) is 0 Å². The molecule has 0 aliphatic heterocycles. The molecule has 1 aromatic carbocycles. The zero-order valence-corrected chi connectivity index (χ0v) is 9.96. The standard InChI is InChI=1S/C13H19FN2/c1-15-9-13(7-8-13)10-16(2)12-6-4-3-5-11(12)14/h3-6,15H,7-10H2,1-2H3. The van der Waals surface area contributed by atoms with E-state index in [1.807, 2.05) is 31.1 Å². The minimum atomic E-state index is -0.134. The molecule has 1 aromatic rings. The third-order valence-corrected chi connectivity index (χ3v) is 3.35. The number of nitrogens with zero attached hydrogens (tertiary/aromatic N) is 1. The van der Waals surface area contributed by atoms with Gasteiger partial charge < -0.3 is 10.2 Å². The van der Waals surface area contributed by atoms with Crippen molar-refractivity contribution in [2.75, 3.05) is 32.1 Å². The molecule has 88 valence electrons. The second kappa shape index (κ2) is 4.42. The van der Waals surface area contributed by atoms with Crippen LogP contribution in [0.15, 0.2) is 24.3 Å². The van der Waals surface area contributed by atoms with Crippen molar-refractivity contribution in [2.45, 2.75) is 12.8 Å². The molecule has 16 heavy (non-hydrogen) atoms. The molecule has 0 atom stereocenters. The van der Waals surface area contributed by atoms with E-state index >= 15 is 0 Å². The number of anilines is 1. The first-order valence-electron chi connectivity index (χ1n) is 5.77. The molecule has 1 aliphatic carbocycles. The summed E-state index contributed by atoms with van der Waals surface area (Å²) in [6, 6.07) is 6.97. The quantitative estimate of drug-likeness (QED) is 0.822. The first-order valence-corrected chi connectivity index (χ1v) is 5.77. The predicted molar refractivity (Wildman–Crippen MR) is 65.3 cm³/mol. The molecule has 0 unspecified atom stereocenters. The van der Waals surface area contributed by atoms with Crippen LogP contribution in [0.25, 0.3) is 0 Å². The minimum Gasteiger partial charge on any atom is -0.372 e. The van der Waals surface area contributed by atoms with Crippen LogP contribution in [0.4, 0.5) is 10.1 Å². The lowest BCUT2D eigenvalue weighted by Gasteiger charge is -2.25. The van der Waals surface area contributed by atoms with Crippen LogP contribution >= 0.6 is 0 Å². The molecule has 0 radical (unpaired) electrons. The lowest BCUT2D eigenvalue weighted by Crippen LogP contribution is -2.33. The number of nitrogens with one attached hydrogen (secondary N) is 1. The predicted octanol–water partition coefficient (Wildman–Crippen LogP) is 2.26. The Morgan fingerprint density at radius 3 is 2.62 bits per heavy atom. The van der Waals surface area contributed by atoms with E-state index in [1.165, 1.54) is 18.9 Å². The largest absolute Gasteiger partial charge is 0.372 e. The van der Waals surface area contributed by atoms with E-state index in [2.05, 4.69) is 5.32 Å². The van der Waals surface area contributed by atoms with Crippen LogP contribution in [0, 0.1) is 11.2 Å². The summed E-state index contributed by atoms with van der Waals surface area (Å²) in [4.78, 5) is 2.03. The molecule has 0 amide bonds. The van der Waals surface area contributed by atoms with Crippen molar-refractivity contribution in [1.29, 1.82) is 0 Å². The fourth-order valence-electron chi connectivity index (χ4n) is 2.29. The van der Waals surface area contributed by atoms with Crippen LogP contribution in [-0.4, -0.2) is 27.2 Å². The van der Waals surface area contributed by atoms with Crippen molar-refractivity contribution in [1.82, 2.24) is 5.32 Å². The highest BCUT2D eigenvalue weighted by Crippen LogP contribution is 2.46. The van der Waals surface area contributed by atoms with Crippen LogP contribution in [0.3, 0.4) is 0 Å². The Bertz CT molecular complexity index is 361. The maximum absolute atomic E-state index is 13.6. The Morgan fingerprint density at radius 1 is 1.38 bits per heavy atom. The number of rotatable bonds is 5. The lowest BCUT2D eigenvalue weighted by atomic mass is 10.1. The van der Waals surface area contributed by atoms with Gasteiger partial charge in [0.1, 0.15) is 5.82 Å². The van der Waals surface area contributed by atoms with Crippen LogP contribution in [0.1, 0.15) is 12.8 Å². The normalized spacial score (nSPS) is 17.2. The molecule has 2 nitrogen and oxygen atoms in total. The highest BCUT2D eigenvalue weighted by Gasteiger charge is 2.42. The number of benzene rings is 1. The molecule has 0 spiro atoms. The molecule has 0 bridgehead atoms. The molecule has 0 heterocycles. The molecular weight excluding hydrogens is 203 g/mol. The third kappa shape index (κ3) is 2.35. The van der Waals surface area contributed by atoms with Gasteiger partial charge >= 0.3 is 0 Å². The summed E-state index contributed by atoms with van der Waals surface area (Å²) in [5.41, 5.74) is 1.07. The Hall–Kier alpha value is -1.09. The van der Waals surface area contributed by atoms with Gasteiger partial charge in [0.25, 0.3) is 0 Å². The molecule has 3 heteroatoms. The summed E-state index contributed by atoms with van der Waals surface area (Å²) in [5, 5.41) is 3.22. The van der Waals surface area contributed by atoms with E-state index in [9.17, 15) is 4.39 Å². The molecule has 0 aromatic heterocycles. The van der Waals surface area contributed by atoms with Crippen molar-refractivity contribution in [3.63, 3.8) is 0 Å². The average molecular weight is 222 g/mol. The third-order valence-electron chi connectivity index (χ3n) is 3.35. The summed E-state index contributed by atoms with van der Waals surface area (Å²) in [5.74, 6) is -0.134. The van der Waals surface area contributed by atoms with Gasteiger partial charge in [0.15, 0.2) is 0 Å². The molecule has 1 saturated carbocycles. The number of hydrogen-bond donors (Lipinski definition) is 1. The summed E-state index contributed by atoms with van der Waals surface area (Å²) in [7, 11) is 3.94. The van der Waals surface area contributed by atoms with Crippen LogP contribution in [0.5, 0.6) is 0 Å². The molecule has 1 fully saturated rings. The van der Waals surface area contributed by atoms with Crippen molar-refractivity contribution < 1.29 is 4.39 Å².